The first kappa shape index (κ1) is 16.6. The minimum absolute atomic E-state index is 0.0468. The standard InChI is InChI=1S/C15H23NO4/c1-12(2)20-10-9-19-11-15(16,14(17)18-3)13-7-5-4-6-8-13/h4-8,12H,9-11,16H2,1-3H3. The maximum atomic E-state index is 11.9. The Bertz CT molecular complexity index is 408. The van der Waals surface area contributed by atoms with Gasteiger partial charge in [0.1, 0.15) is 0 Å². The molecular weight excluding hydrogens is 258 g/mol. The van der Waals surface area contributed by atoms with Crippen molar-refractivity contribution in [2.45, 2.75) is 25.5 Å². The Morgan fingerprint density at radius 3 is 2.45 bits per heavy atom. The van der Waals surface area contributed by atoms with Crippen molar-refractivity contribution in [2.24, 2.45) is 5.73 Å². The van der Waals surface area contributed by atoms with Crippen molar-refractivity contribution in [2.75, 3.05) is 26.9 Å². The average molecular weight is 281 g/mol. The van der Waals surface area contributed by atoms with E-state index in [9.17, 15) is 4.79 Å². The number of methoxy groups -OCH3 is 1. The number of rotatable bonds is 8. The van der Waals surface area contributed by atoms with Gasteiger partial charge in [0.25, 0.3) is 0 Å². The van der Waals surface area contributed by atoms with Crippen LogP contribution in [-0.2, 0) is 24.5 Å². The number of hydrogen-bond acceptors (Lipinski definition) is 5. The molecule has 0 spiro atoms. The first-order valence-electron chi connectivity index (χ1n) is 6.63. The molecule has 0 aliphatic heterocycles. The van der Waals surface area contributed by atoms with Crippen LogP contribution in [0.2, 0.25) is 0 Å². The molecule has 0 aliphatic rings. The molecule has 1 aromatic carbocycles. The zero-order valence-corrected chi connectivity index (χ0v) is 12.3. The largest absolute Gasteiger partial charge is 0.467 e. The van der Waals surface area contributed by atoms with Crippen LogP contribution in [0.5, 0.6) is 0 Å². The molecule has 1 unspecified atom stereocenters. The second-order valence-electron chi connectivity index (χ2n) is 4.80. The Balaban J connectivity index is 2.64. The quantitative estimate of drug-likeness (QED) is 0.577. The summed E-state index contributed by atoms with van der Waals surface area (Å²) in [7, 11) is 1.31. The van der Waals surface area contributed by atoms with Crippen molar-refractivity contribution in [1.82, 2.24) is 0 Å². The van der Waals surface area contributed by atoms with Gasteiger partial charge >= 0.3 is 5.97 Å². The van der Waals surface area contributed by atoms with Gasteiger partial charge in [-0.25, -0.2) is 4.79 Å². The van der Waals surface area contributed by atoms with Gasteiger partial charge in [-0.3, -0.25) is 0 Å². The van der Waals surface area contributed by atoms with E-state index in [0.717, 1.165) is 0 Å². The van der Waals surface area contributed by atoms with Gasteiger partial charge in [0, 0.05) is 0 Å². The Morgan fingerprint density at radius 2 is 1.90 bits per heavy atom. The van der Waals surface area contributed by atoms with Crippen LogP contribution in [0, 0.1) is 0 Å². The molecule has 5 nitrogen and oxygen atoms in total. The van der Waals surface area contributed by atoms with Crippen molar-refractivity contribution in [3.8, 4) is 0 Å². The summed E-state index contributed by atoms with van der Waals surface area (Å²) < 4.78 is 15.6. The first-order valence-corrected chi connectivity index (χ1v) is 6.63. The van der Waals surface area contributed by atoms with Crippen LogP contribution in [0.1, 0.15) is 19.4 Å². The maximum Gasteiger partial charge on any atom is 0.332 e. The Hall–Kier alpha value is -1.43. The van der Waals surface area contributed by atoms with Gasteiger partial charge < -0.3 is 19.9 Å². The number of ether oxygens (including phenoxy) is 3. The minimum Gasteiger partial charge on any atom is -0.467 e. The summed E-state index contributed by atoms with van der Waals surface area (Å²) in [6.07, 6.45) is 0.149. The molecule has 1 aromatic rings. The highest BCUT2D eigenvalue weighted by atomic mass is 16.5. The third-order valence-electron chi connectivity index (χ3n) is 2.85. The van der Waals surface area contributed by atoms with Gasteiger partial charge in [-0.2, -0.15) is 0 Å². The van der Waals surface area contributed by atoms with E-state index in [0.29, 0.717) is 18.8 Å². The molecule has 0 bridgehead atoms. The van der Waals surface area contributed by atoms with Crippen molar-refractivity contribution in [3.05, 3.63) is 35.9 Å². The number of benzene rings is 1. The molecule has 2 N–H and O–H groups in total. The van der Waals surface area contributed by atoms with E-state index in [-0.39, 0.29) is 12.7 Å². The summed E-state index contributed by atoms with van der Waals surface area (Å²) in [5.41, 5.74) is 5.54. The number of hydrogen-bond donors (Lipinski definition) is 1. The van der Waals surface area contributed by atoms with E-state index in [1.54, 1.807) is 12.1 Å². The lowest BCUT2D eigenvalue weighted by Crippen LogP contribution is -2.49. The van der Waals surface area contributed by atoms with Gasteiger partial charge in [-0.05, 0) is 19.4 Å². The first-order chi connectivity index (χ1) is 9.50. The number of carbonyl (C=O) groups is 1. The number of carbonyl (C=O) groups excluding carboxylic acids is 1. The van der Waals surface area contributed by atoms with E-state index in [1.165, 1.54) is 7.11 Å². The van der Waals surface area contributed by atoms with Gasteiger partial charge in [-0.1, -0.05) is 30.3 Å². The van der Waals surface area contributed by atoms with Crippen molar-refractivity contribution in [1.29, 1.82) is 0 Å². The van der Waals surface area contributed by atoms with Crippen LogP contribution in [-0.4, -0.2) is 39.0 Å². The van der Waals surface area contributed by atoms with Crippen molar-refractivity contribution in [3.63, 3.8) is 0 Å². The Kier molecular flexibility index (Phi) is 6.64. The lowest BCUT2D eigenvalue weighted by Gasteiger charge is -2.26. The van der Waals surface area contributed by atoms with E-state index >= 15 is 0 Å². The van der Waals surface area contributed by atoms with E-state index < -0.39 is 11.5 Å². The Morgan fingerprint density at radius 1 is 1.25 bits per heavy atom. The summed E-state index contributed by atoms with van der Waals surface area (Å²) >= 11 is 0. The molecular formula is C15H23NO4. The average Bonchev–Trinajstić information content (AvgIpc) is 2.46. The molecule has 0 amide bonds. The van der Waals surface area contributed by atoms with Gasteiger partial charge in [0.05, 0.1) is 33.0 Å². The highest BCUT2D eigenvalue weighted by Gasteiger charge is 2.37. The highest BCUT2D eigenvalue weighted by molar-refractivity contribution is 5.82. The fraction of sp³-hybridized carbons (Fsp3) is 0.533. The van der Waals surface area contributed by atoms with Crippen molar-refractivity contribution >= 4 is 5.97 Å². The second kappa shape index (κ2) is 7.99. The van der Waals surface area contributed by atoms with Crippen LogP contribution >= 0.6 is 0 Å². The van der Waals surface area contributed by atoms with Crippen LogP contribution in [0.15, 0.2) is 30.3 Å². The molecule has 0 radical (unpaired) electrons. The SMILES string of the molecule is COC(=O)C(N)(COCCOC(C)C)c1ccccc1. The molecule has 0 saturated carbocycles. The molecule has 1 atom stereocenters. The summed E-state index contributed by atoms with van der Waals surface area (Å²) in [6.45, 7) is 4.78. The molecule has 5 heteroatoms. The third-order valence-corrected chi connectivity index (χ3v) is 2.85. The van der Waals surface area contributed by atoms with Crippen LogP contribution in [0.4, 0.5) is 0 Å². The molecule has 1 rings (SSSR count). The molecule has 112 valence electrons. The van der Waals surface area contributed by atoms with Crippen LogP contribution in [0.3, 0.4) is 0 Å². The highest BCUT2D eigenvalue weighted by Crippen LogP contribution is 2.20. The summed E-state index contributed by atoms with van der Waals surface area (Å²) in [4.78, 5) is 11.9. The molecule has 0 saturated heterocycles. The fourth-order valence-electron chi connectivity index (χ4n) is 1.75. The van der Waals surface area contributed by atoms with E-state index in [2.05, 4.69) is 0 Å². The third kappa shape index (κ3) is 4.59. The summed E-state index contributed by atoms with van der Waals surface area (Å²) in [6, 6.07) is 9.07. The molecule has 20 heavy (non-hydrogen) atoms. The number of esters is 1. The fourth-order valence-corrected chi connectivity index (χ4v) is 1.75. The Labute approximate surface area is 120 Å². The predicted molar refractivity (Wildman–Crippen MR) is 76.2 cm³/mol. The molecule has 0 aliphatic carbocycles. The van der Waals surface area contributed by atoms with Gasteiger partial charge in [0.15, 0.2) is 5.54 Å². The molecule has 0 aromatic heterocycles. The lowest BCUT2D eigenvalue weighted by molar-refractivity contribution is -0.150. The van der Waals surface area contributed by atoms with E-state index in [1.807, 2.05) is 32.0 Å². The van der Waals surface area contributed by atoms with Gasteiger partial charge in [0.2, 0.25) is 0 Å². The summed E-state index contributed by atoms with van der Waals surface area (Å²) in [5.74, 6) is -0.520. The topological polar surface area (TPSA) is 70.8 Å². The van der Waals surface area contributed by atoms with Crippen LogP contribution in [0.25, 0.3) is 0 Å². The van der Waals surface area contributed by atoms with Crippen molar-refractivity contribution < 1.29 is 19.0 Å². The second-order valence-corrected chi connectivity index (χ2v) is 4.80. The molecule has 0 fully saturated rings. The zero-order chi connectivity index (χ0) is 15.0. The molecule has 0 heterocycles. The maximum absolute atomic E-state index is 11.9. The number of nitrogens with two attached hydrogens (primary N) is 1. The smallest absolute Gasteiger partial charge is 0.332 e. The minimum atomic E-state index is -1.30. The zero-order valence-electron chi connectivity index (χ0n) is 12.3. The van der Waals surface area contributed by atoms with E-state index in [4.69, 9.17) is 19.9 Å². The monoisotopic (exact) mass is 281 g/mol. The lowest BCUT2D eigenvalue weighted by atomic mass is 9.92. The normalized spacial score (nSPS) is 14.1. The van der Waals surface area contributed by atoms with Crippen LogP contribution < -0.4 is 5.73 Å². The predicted octanol–water partition coefficient (Wildman–Crippen LogP) is 1.46. The van der Waals surface area contributed by atoms with Gasteiger partial charge in [-0.15, -0.1) is 0 Å². The summed E-state index contributed by atoms with van der Waals surface area (Å²) in [5, 5.41) is 0.